The molecule has 3 aromatic carbocycles. The number of esters is 1. The van der Waals surface area contributed by atoms with Crippen molar-refractivity contribution in [2.45, 2.75) is 12.5 Å². The number of benzene rings is 3. The standard InChI is InChI=1S/C21H18N4O2/c22-21(23)25-24-18(15-10-9-13-5-1-2-6-14(13)11-15)12-19-16-7-3-4-8-17(16)20(26)27-19/h1-11,19H,12H2,(H4,22,23,25)/b24-18-/t19-/m1/s1. The van der Waals surface area contributed by atoms with E-state index < -0.39 is 6.10 Å². The SMILES string of the molecule is NC(N)=N/N=C(/C[C@H]1OC(=O)c2ccccc21)c1ccc2ccccc2c1. The van der Waals surface area contributed by atoms with Gasteiger partial charge in [-0.15, -0.1) is 5.10 Å². The molecule has 1 heterocycles. The summed E-state index contributed by atoms with van der Waals surface area (Å²) in [5, 5.41) is 10.2. The highest BCUT2D eigenvalue weighted by molar-refractivity contribution is 6.05. The lowest BCUT2D eigenvalue weighted by molar-refractivity contribution is 0.0400. The minimum Gasteiger partial charge on any atom is -0.453 e. The quantitative estimate of drug-likeness (QED) is 0.324. The molecule has 4 rings (SSSR count). The van der Waals surface area contributed by atoms with Crippen LogP contribution in [-0.2, 0) is 4.74 Å². The molecule has 0 saturated heterocycles. The van der Waals surface area contributed by atoms with Gasteiger partial charge in [0.05, 0.1) is 11.3 Å². The first-order chi connectivity index (χ1) is 13.1. The zero-order valence-corrected chi connectivity index (χ0v) is 14.5. The molecule has 1 atom stereocenters. The molecule has 4 N–H and O–H groups in total. The molecule has 0 unspecified atom stereocenters. The van der Waals surface area contributed by atoms with Crippen LogP contribution in [0.2, 0.25) is 0 Å². The van der Waals surface area contributed by atoms with Gasteiger partial charge in [-0.2, -0.15) is 5.10 Å². The van der Waals surface area contributed by atoms with E-state index in [9.17, 15) is 4.79 Å². The zero-order valence-electron chi connectivity index (χ0n) is 14.5. The molecule has 0 spiro atoms. The van der Waals surface area contributed by atoms with Crippen LogP contribution in [0.4, 0.5) is 0 Å². The third-order valence-corrected chi connectivity index (χ3v) is 4.52. The molecule has 0 fully saturated rings. The van der Waals surface area contributed by atoms with Gasteiger partial charge in [-0.25, -0.2) is 4.79 Å². The van der Waals surface area contributed by atoms with Crippen LogP contribution in [0, 0.1) is 0 Å². The molecule has 6 heteroatoms. The van der Waals surface area contributed by atoms with E-state index >= 15 is 0 Å². The van der Waals surface area contributed by atoms with Crippen LogP contribution >= 0.6 is 0 Å². The topological polar surface area (TPSA) is 103 Å². The number of cyclic esters (lactones) is 1. The summed E-state index contributed by atoms with van der Waals surface area (Å²) in [5.41, 5.74) is 13.9. The molecule has 6 nitrogen and oxygen atoms in total. The van der Waals surface area contributed by atoms with E-state index in [-0.39, 0.29) is 11.9 Å². The number of ether oxygens (including phenoxy) is 1. The lowest BCUT2D eigenvalue weighted by Crippen LogP contribution is -2.22. The minimum absolute atomic E-state index is 0.128. The highest BCUT2D eigenvalue weighted by atomic mass is 16.5. The lowest BCUT2D eigenvalue weighted by atomic mass is 9.96. The molecule has 1 aliphatic rings. The van der Waals surface area contributed by atoms with Crippen molar-refractivity contribution in [3.63, 3.8) is 0 Å². The van der Waals surface area contributed by atoms with E-state index in [0.29, 0.717) is 17.7 Å². The fraction of sp³-hybridized carbons (Fsp3) is 0.0952. The van der Waals surface area contributed by atoms with Crippen LogP contribution in [0.3, 0.4) is 0 Å². The van der Waals surface area contributed by atoms with Crippen molar-refractivity contribution in [2.75, 3.05) is 0 Å². The Morgan fingerprint density at radius 3 is 2.48 bits per heavy atom. The number of carbonyl (C=O) groups excluding carboxylic acids is 1. The van der Waals surface area contributed by atoms with Crippen LogP contribution in [-0.4, -0.2) is 17.6 Å². The third-order valence-electron chi connectivity index (χ3n) is 4.52. The average Bonchev–Trinajstić information content (AvgIpc) is 3.00. The maximum Gasteiger partial charge on any atom is 0.339 e. The highest BCUT2D eigenvalue weighted by Gasteiger charge is 2.31. The van der Waals surface area contributed by atoms with Gasteiger partial charge in [0.1, 0.15) is 6.10 Å². The van der Waals surface area contributed by atoms with Crippen LogP contribution in [0.15, 0.2) is 76.9 Å². The molecule has 0 radical (unpaired) electrons. The van der Waals surface area contributed by atoms with E-state index in [1.165, 1.54) is 0 Å². The number of nitrogens with zero attached hydrogens (tertiary/aromatic N) is 2. The smallest absolute Gasteiger partial charge is 0.339 e. The maximum atomic E-state index is 12.1. The summed E-state index contributed by atoms with van der Waals surface area (Å²) in [6, 6.07) is 21.4. The van der Waals surface area contributed by atoms with Crippen molar-refractivity contribution in [1.82, 2.24) is 0 Å². The van der Waals surface area contributed by atoms with Crippen molar-refractivity contribution < 1.29 is 9.53 Å². The van der Waals surface area contributed by atoms with Gasteiger partial charge in [-0.3, -0.25) is 0 Å². The first-order valence-corrected chi connectivity index (χ1v) is 8.56. The molecule has 0 amide bonds. The van der Waals surface area contributed by atoms with Gasteiger partial charge < -0.3 is 16.2 Å². The van der Waals surface area contributed by atoms with Crippen molar-refractivity contribution >= 4 is 28.4 Å². The highest BCUT2D eigenvalue weighted by Crippen LogP contribution is 2.34. The molecule has 0 saturated carbocycles. The fourth-order valence-electron chi connectivity index (χ4n) is 3.25. The molecular formula is C21H18N4O2. The van der Waals surface area contributed by atoms with Gasteiger partial charge in [0, 0.05) is 12.0 Å². The fourth-order valence-corrected chi connectivity index (χ4v) is 3.25. The Bertz CT molecular complexity index is 1080. The number of carbonyl (C=O) groups is 1. The van der Waals surface area contributed by atoms with E-state index in [1.54, 1.807) is 6.07 Å². The van der Waals surface area contributed by atoms with Gasteiger partial charge in [0.15, 0.2) is 0 Å². The molecule has 0 aliphatic carbocycles. The molecule has 0 aromatic heterocycles. The summed E-state index contributed by atoms with van der Waals surface area (Å²) in [6.45, 7) is 0. The minimum atomic E-state index is -0.423. The van der Waals surface area contributed by atoms with Crippen molar-refractivity contribution in [2.24, 2.45) is 21.7 Å². The number of hydrogen-bond donors (Lipinski definition) is 2. The molecule has 0 bridgehead atoms. The zero-order chi connectivity index (χ0) is 18.8. The summed E-state index contributed by atoms with van der Waals surface area (Å²) in [4.78, 5) is 12.1. The average molecular weight is 358 g/mol. The third kappa shape index (κ3) is 3.37. The van der Waals surface area contributed by atoms with Crippen LogP contribution in [0.5, 0.6) is 0 Å². The Balaban J connectivity index is 1.73. The second-order valence-corrected chi connectivity index (χ2v) is 6.32. The number of hydrogen-bond acceptors (Lipinski definition) is 4. The Morgan fingerprint density at radius 1 is 0.926 bits per heavy atom. The summed E-state index contributed by atoms with van der Waals surface area (Å²) >= 11 is 0. The van der Waals surface area contributed by atoms with E-state index in [1.807, 2.05) is 60.7 Å². The normalized spacial score (nSPS) is 16.1. The van der Waals surface area contributed by atoms with Crippen LogP contribution in [0.1, 0.15) is 34.0 Å². The largest absolute Gasteiger partial charge is 0.453 e. The summed E-state index contributed by atoms with van der Waals surface area (Å²) in [5.74, 6) is -0.451. The first-order valence-electron chi connectivity index (χ1n) is 8.56. The van der Waals surface area contributed by atoms with Crippen LogP contribution in [0.25, 0.3) is 10.8 Å². The van der Waals surface area contributed by atoms with Crippen molar-refractivity contribution in [1.29, 1.82) is 0 Å². The molecule has 134 valence electrons. The Hall–Kier alpha value is -3.67. The Labute approximate surface area is 156 Å². The number of nitrogens with two attached hydrogens (primary N) is 2. The van der Waals surface area contributed by atoms with E-state index in [0.717, 1.165) is 21.9 Å². The first kappa shape index (κ1) is 16.8. The van der Waals surface area contributed by atoms with Gasteiger partial charge in [0.25, 0.3) is 0 Å². The van der Waals surface area contributed by atoms with Crippen molar-refractivity contribution in [3.05, 3.63) is 83.4 Å². The van der Waals surface area contributed by atoms with Gasteiger partial charge >= 0.3 is 5.97 Å². The monoisotopic (exact) mass is 358 g/mol. The second-order valence-electron chi connectivity index (χ2n) is 6.32. The predicted octanol–water partition coefficient (Wildman–Crippen LogP) is 3.12. The second kappa shape index (κ2) is 6.92. The number of guanidine groups is 1. The van der Waals surface area contributed by atoms with Crippen LogP contribution < -0.4 is 11.5 Å². The van der Waals surface area contributed by atoms with E-state index in [2.05, 4.69) is 10.2 Å². The molecular weight excluding hydrogens is 340 g/mol. The number of fused-ring (bicyclic) bond motifs is 2. The van der Waals surface area contributed by atoms with Gasteiger partial charge in [-0.05, 0) is 28.5 Å². The number of rotatable bonds is 4. The molecule has 3 aromatic rings. The van der Waals surface area contributed by atoms with Gasteiger partial charge in [-0.1, -0.05) is 54.6 Å². The maximum absolute atomic E-state index is 12.1. The van der Waals surface area contributed by atoms with E-state index in [4.69, 9.17) is 16.2 Å². The summed E-state index contributed by atoms with van der Waals surface area (Å²) < 4.78 is 5.55. The Kier molecular flexibility index (Phi) is 4.30. The Morgan fingerprint density at radius 2 is 1.67 bits per heavy atom. The van der Waals surface area contributed by atoms with Crippen molar-refractivity contribution in [3.8, 4) is 0 Å². The predicted molar refractivity (Wildman–Crippen MR) is 106 cm³/mol. The summed E-state index contributed by atoms with van der Waals surface area (Å²) in [6.07, 6.45) is -0.0501. The lowest BCUT2D eigenvalue weighted by Gasteiger charge is -2.13. The van der Waals surface area contributed by atoms with Gasteiger partial charge in [0.2, 0.25) is 5.96 Å². The summed E-state index contributed by atoms with van der Waals surface area (Å²) in [7, 11) is 0. The molecule has 27 heavy (non-hydrogen) atoms. The molecule has 1 aliphatic heterocycles.